The summed E-state index contributed by atoms with van der Waals surface area (Å²) in [6.07, 6.45) is 3.71. The van der Waals surface area contributed by atoms with Crippen molar-refractivity contribution in [2.75, 3.05) is 6.61 Å². The third-order valence-electron chi connectivity index (χ3n) is 2.10. The van der Waals surface area contributed by atoms with Gasteiger partial charge in [-0.25, -0.2) is 9.78 Å². The summed E-state index contributed by atoms with van der Waals surface area (Å²) in [5.41, 5.74) is -0.122. The monoisotopic (exact) mass is 273 g/mol. The Bertz CT molecular complexity index is 710. The van der Waals surface area contributed by atoms with Crippen LogP contribution < -0.4 is 0 Å². The first kappa shape index (κ1) is 12.4. The van der Waals surface area contributed by atoms with Crippen LogP contribution in [-0.4, -0.2) is 35.4 Å². The number of fused-ring (bicyclic) bond motifs is 1. The number of hydrogen-bond donors (Lipinski definition) is 0. The number of carbonyl (C=O) groups excluding carboxylic acids is 1. The lowest BCUT2D eigenvalue weighted by atomic mass is 10.5. The van der Waals surface area contributed by atoms with Gasteiger partial charge in [-0.3, -0.25) is 9.38 Å². The number of hydrogen-bond acceptors (Lipinski definition) is 6. The molecule has 0 amide bonds. The van der Waals surface area contributed by atoms with Crippen molar-refractivity contribution in [2.24, 2.45) is 0 Å². The van der Waals surface area contributed by atoms with Crippen molar-refractivity contribution in [2.45, 2.75) is 11.9 Å². The van der Waals surface area contributed by atoms with Crippen LogP contribution in [0.5, 0.6) is 0 Å². The zero-order valence-electron chi connectivity index (χ0n) is 9.20. The van der Waals surface area contributed by atoms with Crippen LogP contribution in [0, 0.1) is 0 Å². The van der Waals surface area contributed by atoms with Crippen molar-refractivity contribution in [1.29, 1.82) is 0 Å². The third-order valence-corrected chi connectivity index (χ3v) is 2.86. The van der Waals surface area contributed by atoms with E-state index in [2.05, 4.69) is 9.97 Å². The maximum absolute atomic E-state index is 13.0. The molecule has 0 fully saturated rings. The molecule has 0 saturated carbocycles. The molecular formula is C9H8FN3O4S. The zero-order chi connectivity index (χ0) is 13.3. The Morgan fingerprint density at radius 3 is 2.89 bits per heavy atom. The topological polar surface area (TPSA) is 90.6 Å². The highest BCUT2D eigenvalue weighted by Gasteiger charge is 2.26. The molecule has 2 rings (SSSR count). The normalized spacial score (nSPS) is 11.7. The Morgan fingerprint density at radius 2 is 2.28 bits per heavy atom. The fraction of sp³-hybridized carbons (Fsp3) is 0.222. The van der Waals surface area contributed by atoms with Crippen LogP contribution >= 0.6 is 0 Å². The maximum Gasteiger partial charge on any atom is 0.374 e. The molecule has 0 aliphatic heterocycles. The van der Waals surface area contributed by atoms with Gasteiger partial charge in [-0.1, -0.05) is 3.89 Å². The molecule has 18 heavy (non-hydrogen) atoms. The Balaban J connectivity index is 2.73. The molecule has 0 atom stereocenters. The van der Waals surface area contributed by atoms with Crippen molar-refractivity contribution in [3.05, 3.63) is 24.4 Å². The highest BCUT2D eigenvalue weighted by Crippen LogP contribution is 2.19. The summed E-state index contributed by atoms with van der Waals surface area (Å²) in [5.74, 6) is -1.15. The number of carbonyl (C=O) groups is 1. The van der Waals surface area contributed by atoms with Gasteiger partial charge < -0.3 is 4.74 Å². The summed E-state index contributed by atoms with van der Waals surface area (Å²) in [6, 6.07) is 0. The molecular weight excluding hydrogens is 265 g/mol. The molecule has 0 N–H and O–H groups in total. The lowest BCUT2D eigenvalue weighted by Crippen LogP contribution is -2.09. The zero-order valence-corrected chi connectivity index (χ0v) is 10.0. The van der Waals surface area contributed by atoms with Crippen LogP contribution in [0.4, 0.5) is 3.89 Å². The van der Waals surface area contributed by atoms with Crippen molar-refractivity contribution >= 4 is 21.7 Å². The average Bonchev–Trinajstić information content (AvgIpc) is 2.68. The molecule has 0 aliphatic rings. The fourth-order valence-corrected chi connectivity index (χ4v) is 2.03. The van der Waals surface area contributed by atoms with E-state index in [0.29, 0.717) is 0 Å². The number of imidazole rings is 1. The van der Waals surface area contributed by atoms with Crippen molar-refractivity contribution < 1.29 is 21.8 Å². The minimum atomic E-state index is -5.04. The van der Waals surface area contributed by atoms with Crippen LogP contribution in [0.2, 0.25) is 0 Å². The van der Waals surface area contributed by atoms with Gasteiger partial charge >= 0.3 is 16.2 Å². The van der Waals surface area contributed by atoms with E-state index in [0.717, 1.165) is 10.6 Å². The number of aromatic nitrogens is 3. The van der Waals surface area contributed by atoms with Gasteiger partial charge in [0.25, 0.3) is 0 Å². The van der Waals surface area contributed by atoms with Gasteiger partial charge in [0.2, 0.25) is 10.9 Å². The van der Waals surface area contributed by atoms with E-state index in [-0.39, 0.29) is 17.9 Å². The molecule has 0 spiro atoms. The number of esters is 1. The molecule has 2 aromatic heterocycles. The predicted molar refractivity (Wildman–Crippen MR) is 57.2 cm³/mol. The van der Waals surface area contributed by atoms with Gasteiger partial charge in [-0.2, -0.15) is 8.42 Å². The van der Waals surface area contributed by atoms with Gasteiger partial charge in [0.15, 0.2) is 0 Å². The standard InChI is InChI=1S/C9H8FN3O4S/c1-2-17-9(14)7-12-8(18(10,15)16)6-5-11-3-4-13(6)7/h3-5H,2H2,1H3. The van der Waals surface area contributed by atoms with E-state index < -0.39 is 21.2 Å². The molecule has 0 radical (unpaired) electrons. The van der Waals surface area contributed by atoms with Crippen molar-refractivity contribution in [1.82, 2.24) is 14.4 Å². The molecule has 0 unspecified atom stereocenters. The predicted octanol–water partition coefficient (Wildman–Crippen LogP) is 0.564. The van der Waals surface area contributed by atoms with Crippen LogP contribution in [0.3, 0.4) is 0 Å². The molecule has 9 heteroatoms. The molecule has 2 aromatic rings. The number of rotatable bonds is 3. The van der Waals surface area contributed by atoms with Gasteiger partial charge in [0.05, 0.1) is 12.8 Å². The minimum absolute atomic E-state index is 0.0938. The molecule has 0 saturated heterocycles. The van der Waals surface area contributed by atoms with Crippen LogP contribution in [-0.2, 0) is 15.0 Å². The fourth-order valence-electron chi connectivity index (χ4n) is 1.43. The highest BCUT2D eigenvalue weighted by molar-refractivity contribution is 7.86. The van der Waals surface area contributed by atoms with Gasteiger partial charge in [0, 0.05) is 12.4 Å². The molecule has 0 bridgehead atoms. The van der Waals surface area contributed by atoms with E-state index in [1.807, 2.05) is 0 Å². The first-order valence-electron chi connectivity index (χ1n) is 4.89. The second-order valence-corrected chi connectivity index (χ2v) is 4.49. The van der Waals surface area contributed by atoms with E-state index in [4.69, 9.17) is 4.74 Å². The second-order valence-electron chi connectivity index (χ2n) is 3.23. The van der Waals surface area contributed by atoms with Crippen LogP contribution in [0.15, 0.2) is 23.6 Å². The summed E-state index contributed by atoms with van der Waals surface area (Å²) < 4.78 is 40.7. The van der Waals surface area contributed by atoms with Gasteiger partial charge in [-0.15, -0.1) is 0 Å². The number of nitrogens with zero attached hydrogens (tertiary/aromatic N) is 3. The van der Waals surface area contributed by atoms with Crippen LogP contribution in [0.25, 0.3) is 5.52 Å². The summed E-state index contributed by atoms with van der Waals surface area (Å²) >= 11 is 0. The summed E-state index contributed by atoms with van der Waals surface area (Å²) in [4.78, 5) is 18.7. The van der Waals surface area contributed by atoms with E-state index in [1.54, 1.807) is 6.92 Å². The lowest BCUT2D eigenvalue weighted by molar-refractivity contribution is 0.0511. The quantitative estimate of drug-likeness (QED) is 0.599. The molecule has 2 heterocycles. The first-order valence-corrected chi connectivity index (χ1v) is 6.27. The van der Waals surface area contributed by atoms with Gasteiger partial charge in [0.1, 0.15) is 5.52 Å². The summed E-state index contributed by atoms with van der Waals surface area (Å²) in [5, 5.41) is -0.848. The van der Waals surface area contributed by atoms with Crippen LogP contribution in [0.1, 0.15) is 17.5 Å². The SMILES string of the molecule is CCOC(=O)c1nc(S(=O)(=O)F)c2cnccn12. The highest BCUT2D eigenvalue weighted by atomic mass is 32.3. The van der Waals surface area contributed by atoms with Crippen molar-refractivity contribution in [3.8, 4) is 0 Å². The minimum Gasteiger partial charge on any atom is -0.460 e. The smallest absolute Gasteiger partial charge is 0.374 e. The molecule has 96 valence electrons. The third kappa shape index (κ3) is 2.04. The second kappa shape index (κ2) is 4.33. The van der Waals surface area contributed by atoms with E-state index >= 15 is 0 Å². The molecule has 7 nitrogen and oxygen atoms in total. The largest absolute Gasteiger partial charge is 0.460 e. The molecule has 0 aromatic carbocycles. The Kier molecular flexibility index (Phi) is 2.99. The van der Waals surface area contributed by atoms with E-state index in [1.165, 1.54) is 12.4 Å². The van der Waals surface area contributed by atoms with Crippen molar-refractivity contribution in [3.63, 3.8) is 0 Å². The van der Waals surface area contributed by atoms with Gasteiger partial charge in [-0.05, 0) is 6.92 Å². The Morgan fingerprint density at radius 1 is 1.56 bits per heavy atom. The Labute approximate surface area is 101 Å². The lowest BCUT2D eigenvalue weighted by Gasteiger charge is -1.99. The maximum atomic E-state index is 13.0. The number of ether oxygens (including phenoxy) is 1. The average molecular weight is 273 g/mol. The van der Waals surface area contributed by atoms with E-state index in [9.17, 15) is 17.1 Å². The Hall–Kier alpha value is -2.03. The molecule has 0 aliphatic carbocycles. The summed E-state index contributed by atoms with van der Waals surface area (Å²) in [6.45, 7) is 1.68. The first-order chi connectivity index (χ1) is 8.45. The number of halogens is 1. The summed E-state index contributed by atoms with van der Waals surface area (Å²) in [7, 11) is -5.04.